The normalized spacial score (nSPS) is 16.5. The Kier molecular flexibility index (Phi) is 6.65. The molecule has 1 fully saturated rings. The van der Waals surface area contributed by atoms with Crippen molar-refractivity contribution in [2.45, 2.75) is 32.2 Å². The standard InChI is InChI=1S/C24H30N4O3/c1-17(16-29)14-27-9-6-19(7-10-27)22-12-21-8-11-28(23(21)25-13-22)15-18-2-4-20(5-3-18)24(30)26-31/h2-5,8,11-13,17,19,29,31H,6-7,9-10,14-16H2,1H3,(H,26,30). The summed E-state index contributed by atoms with van der Waals surface area (Å²) >= 11 is 0. The van der Waals surface area contributed by atoms with Crippen LogP contribution in [0.4, 0.5) is 0 Å². The summed E-state index contributed by atoms with van der Waals surface area (Å²) in [6, 6.07) is 11.5. The summed E-state index contributed by atoms with van der Waals surface area (Å²) in [5.74, 6) is 0.351. The van der Waals surface area contributed by atoms with Crippen molar-refractivity contribution in [3.63, 3.8) is 0 Å². The lowest BCUT2D eigenvalue weighted by Crippen LogP contribution is -2.36. The van der Waals surface area contributed by atoms with Gasteiger partial charge < -0.3 is 14.6 Å². The number of pyridine rings is 1. The van der Waals surface area contributed by atoms with E-state index in [0.29, 0.717) is 23.9 Å². The highest BCUT2D eigenvalue weighted by Crippen LogP contribution is 2.30. The number of benzene rings is 1. The van der Waals surface area contributed by atoms with E-state index in [1.807, 2.05) is 18.3 Å². The molecule has 164 valence electrons. The van der Waals surface area contributed by atoms with Crippen molar-refractivity contribution in [2.24, 2.45) is 5.92 Å². The summed E-state index contributed by atoms with van der Waals surface area (Å²) in [6.45, 7) is 6.11. The van der Waals surface area contributed by atoms with E-state index in [1.165, 1.54) is 5.56 Å². The fraction of sp³-hybridized carbons (Fsp3) is 0.417. The van der Waals surface area contributed by atoms with Gasteiger partial charge in [-0.05, 0) is 73.2 Å². The fourth-order valence-electron chi connectivity index (χ4n) is 4.42. The second-order valence-electron chi connectivity index (χ2n) is 8.63. The van der Waals surface area contributed by atoms with Crippen LogP contribution in [0.15, 0.2) is 48.8 Å². The number of hydrogen-bond acceptors (Lipinski definition) is 5. The van der Waals surface area contributed by atoms with Crippen LogP contribution in [0.2, 0.25) is 0 Å². The molecule has 1 atom stereocenters. The largest absolute Gasteiger partial charge is 0.396 e. The number of aliphatic hydroxyl groups is 1. The van der Waals surface area contributed by atoms with Crippen LogP contribution in [-0.2, 0) is 6.54 Å². The summed E-state index contributed by atoms with van der Waals surface area (Å²) in [5.41, 5.74) is 5.39. The molecule has 1 saturated heterocycles. The van der Waals surface area contributed by atoms with Gasteiger partial charge in [-0.1, -0.05) is 19.1 Å². The van der Waals surface area contributed by atoms with E-state index < -0.39 is 5.91 Å². The number of likely N-dealkylation sites (tertiary alicyclic amines) is 1. The van der Waals surface area contributed by atoms with E-state index in [0.717, 1.165) is 49.1 Å². The first-order chi connectivity index (χ1) is 15.1. The molecule has 1 aromatic carbocycles. The Morgan fingerprint density at radius 1 is 1.23 bits per heavy atom. The fourth-order valence-corrected chi connectivity index (χ4v) is 4.42. The van der Waals surface area contributed by atoms with Crippen molar-refractivity contribution in [3.8, 4) is 0 Å². The average molecular weight is 423 g/mol. The zero-order valence-corrected chi connectivity index (χ0v) is 17.9. The Balaban J connectivity index is 1.42. The predicted molar refractivity (Wildman–Crippen MR) is 119 cm³/mol. The molecule has 4 rings (SSSR count). The lowest BCUT2D eigenvalue weighted by atomic mass is 9.90. The molecule has 1 aliphatic heterocycles. The number of nitrogens with zero attached hydrogens (tertiary/aromatic N) is 3. The zero-order valence-electron chi connectivity index (χ0n) is 17.9. The molecule has 1 unspecified atom stereocenters. The van der Waals surface area contributed by atoms with Crippen LogP contribution in [-0.4, -0.2) is 56.9 Å². The van der Waals surface area contributed by atoms with E-state index in [2.05, 4.69) is 34.7 Å². The average Bonchev–Trinajstić information content (AvgIpc) is 3.21. The molecule has 0 bridgehead atoms. The van der Waals surface area contributed by atoms with Crippen LogP contribution in [0.25, 0.3) is 11.0 Å². The van der Waals surface area contributed by atoms with Crippen LogP contribution in [0.1, 0.15) is 47.2 Å². The number of carbonyl (C=O) groups excluding carboxylic acids is 1. The van der Waals surface area contributed by atoms with Gasteiger partial charge in [0, 0.05) is 43.0 Å². The van der Waals surface area contributed by atoms with Gasteiger partial charge in [0.15, 0.2) is 0 Å². The number of fused-ring (bicyclic) bond motifs is 1. The first-order valence-corrected chi connectivity index (χ1v) is 10.9. The third-order valence-electron chi connectivity index (χ3n) is 6.23. The molecule has 0 aliphatic carbocycles. The SMILES string of the molecule is CC(CO)CN1CCC(c2cnc3c(ccn3Cc3ccc(C(=O)NO)cc3)c2)CC1. The Morgan fingerprint density at radius 2 is 1.97 bits per heavy atom. The summed E-state index contributed by atoms with van der Waals surface area (Å²) in [7, 11) is 0. The quantitative estimate of drug-likeness (QED) is 0.402. The molecule has 3 aromatic rings. The zero-order chi connectivity index (χ0) is 21.8. The van der Waals surface area contributed by atoms with E-state index in [4.69, 9.17) is 10.2 Å². The number of piperidine rings is 1. The molecule has 3 N–H and O–H groups in total. The minimum absolute atomic E-state index is 0.250. The molecule has 7 heteroatoms. The number of hydroxylamine groups is 1. The van der Waals surface area contributed by atoms with Gasteiger partial charge in [-0.3, -0.25) is 10.0 Å². The monoisotopic (exact) mass is 422 g/mol. The van der Waals surface area contributed by atoms with Crippen molar-refractivity contribution in [1.82, 2.24) is 19.9 Å². The minimum Gasteiger partial charge on any atom is -0.396 e. The van der Waals surface area contributed by atoms with Gasteiger partial charge in [-0.2, -0.15) is 0 Å². The lowest BCUT2D eigenvalue weighted by Gasteiger charge is -2.33. The van der Waals surface area contributed by atoms with E-state index in [-0.39, 0.29) is 6.61 Å². The van der Waals surface area contributed by atoms with Gasteiger partial charge in [0.2, 0.25) is 0 Å². The van der Waals surface area contributed by atoms with Crippen LogP contribution in [0.5, 0.6) is 0 Å². The molecule has 0 spiro atoms. The van der Waals surface area contributed by atoms with Crippen LogP contribution in [0.3, 0.4) is 0 Å². The van der Waals surface area contributed by atoms with Crippen molar-refractivity contribution < 1.29 is 15.1 Å². The van der Waals surface area contributed by atoms with E-state index in [9.17, 15) is 9.90 Å². The highest BCUT2D eigenvalue weighted by atomic mass is 16.5. The number of aliphatic hydroxyl groups excluding tert-OH is 1. The van der Waals surface area contributed by atoms with Crippen LogP contribution in [0, 0.1) is 5.92 Å². The number of aromatic nitrogens is 2. The van der Waals surface area contributed by atoms with E-state index in [1.54, 1.807) is 17.6 Å². The summed E-state index contributed by atoms with van der Waals surface area (Å²) in [4.78, 5) is 18.7. The summed E-state index contributed by atoms with van der Waals surface area (Å²) in [5, 5.41) is 19.2. The van der Waals surface area contributed by atoms with Crippen LogP contribution < -0.4 is 5.48 Å². The summed E-state index contributed by atoms with van der Waals surface area (Å²) in [6.07, 6.45) is 6.32. The molecular weight excluding hydrogens is 392 g/mol. The van der Waals surface area contributed by atoms with Gasteiger partial charge >= 0.3 is 0 Å². The maximum Gasteiger partial charge on any atom is 0.274 e. The number of carbonyl (C=O) groups is 1. The molecule has 31 heavy (non-hydrogen) atoms. The molecule has 7 nitrogen and oxygen atoms in total. The maximum atomic E-state index is 11.5. The number of hydrogen-bond donors (Lipinski definition) is 3. The first kappa shape index (κ1) is 21.5. The molecular formula is C24H30N4O3. The molecule has 2 aromatic heterocycles. The molecule has 3 heterocycles. The molecule has 0 saturated carbocycles. The molecule has 1 amide bonds. The molecule has 1 aliphatic rings. The highest BCUT2D eigenvalue weighted by Gasteiger charge is 2.22. The Hall–Kier alpha value is -2.74. The second kappa shape index (κ2) is 9.60. The van der Waals surface area contributed by atoms with Crippen molar-refractivity contribution in [3.05, 3.63) is 65.5 Å². The van der Waals surface area contributed by atoms with Gasteiger partial charge in [-0.15, -0.1) is 0 Å². The van der Waals surface area contributed by atoms with Crippen molar-refractivity contribution >= 4 is 16.9 Å². The Morgan fingerprint density at radius 3 is 2.65 bits per heavy atom. The van der Waals surface area contributed by atoms with Crippen molar-refractivity contribution in [2.75, 3.05) is 26.2 Å². The van der Waals surface area contributed by atoms with Gasteiger partial charge in [-0.25, -0.2) is 10.5 Å². The predicted octanol–water partition coefficient (Wildman–Crippen LogP) is 3.01. The topological polar surface area (TPSA) is 90.6 Å². The first-order valence-electron chi connectivity index (χ1n) is 10.9. The van der Waals surface area contributed by atoms with E-state index >= 15 is 0 Å². The Labute approximate surface area is 182 Å². The molecule has 0 radical (unpaired) electrons. The summed E-state index contributed by atoms with van der Waals surface area (Å²) < 4.78 is 2.11. The minimum atomic E-state index is -0.513. The van der Waals surface area contributed by atoms with Gasteiger partial charge in [0.05, 0.1) is 0 Å². The third kappa shape index (κ3) is 4.95. The van der Waals surface area contributed by atoms with Crippen LogP contribution >= 0.6 is 0 Å². The lowest BCUT2D eigenvalue weighted by molar-refractivity contribution is 0.0706. The number of rotatable bonds is 7. The number of nitrogens with one attached hydrogen (secondary N) is 1. The number of amides is 1. The smallest absolute Gasteiger partial charge is 0.274 e. The van der Waals surface area contributed by atoms with Gasteiger partial charge in [0.1, 0.15) is 5.65 Å². The van der Waals surface area contributed by atoms with Crippen molar-refractivity contribution in [1.29, 1.82) is 0 Å². The third-order valence-corrected chi connectivity index (χ3v) is 6.23. The van der Waals surface area contributed by atoms with Gasteiger partial charge in [0.25, 0.3) is 5.91 Å². The highest BCUT2D eigenvalue weighted by molar-refractivity contribution is 5.93. The Bertz CT molecular complexity index is 1020. The maximum absolute atomic E-state index is 11.5. The second-order valence-corrected chi connectivity index (χ2v) is 8.63.